The lowest BCUT2D eigenvalue weighted by Gasteiger charge is -2.36. The molecule has 0 radical (unpaired) electrons. The first-order valence-electron chi connectivity index (χ1n) is 10.7. The van der Waals surface area contributed by atoms with Crippen molar-refractivity contribution in [2.75, 3.05) is 37.6 Å². The molecular weight excluding hydrogens is 398 g/mol. The molecule has 0 bridgehead atoms. The van der Waals surface area contributed by atoms with Crippen LogP contribution in [0.4, 0.5) is 5.69 Å². The van der Waals surface area contributed by atoms with Crippen molar-refractivity contribution in [2.24, 2.45) is 0 Å². The normalized spacial score (nSPS) is 14.7. The molecule has 2 aromatic rings. The van der Waals surface area contributed by atoms with Crippen LogP contribution in [-0.4, -0.2) is 51.9 Å². The molecule has 0 aromatic heterocycles. The number of carbonyl (C=O) groups excluding carboxylic acids is 1. The smallest absolute Gasteiger partial charge is 0.240 e. The van der Waals surface area contributed by atoms with Crippen molar-refractivity contribution in [3.05, 3.63) is 60.7 Å². The molecule has 7 heteroatoms. The monoisotopic (exact) mass is 429 g/mol. The lowest BCUT2D eigenvalue weighted by atomic mass is 10.1. The largest absolute Gasteiger partial charge is 0.368 e. The second kappa shape index (κ2) is 11.1. The number of hydrogen-bond donors (Lipinski definition) is 1. The maximum atomic E-state index is 12.4. The van der Waals surface area contributed by atoms with Gasteiger partial charge in [0.2, 0.25) is 15.9 Å². The van der Waals surface area contributed by atoms with Crippen molar-refractivity contribution >= 4 is 21.6 Å². The number of piperazine rings is 1. The number of carbonyl (C=O) groups is 1. The van der Waals surface area contributed by atoms with Crippen molar-refractivity contribution < 1.29 is 13.2 Å². The van der Waals surface area contributed by atoms with Crippen LogP contribution < -0.4 is 9.62 Å². The number of anilines is 1. The molecule has 1 aliphatic heterocycles. The highest BCUT2D eigenvalue weighted by Gasteiger charge is 2.20. The molecule has 1 heterocycles. The van der Waals surface area contributed by atoms with Crippen LogP contribution >= 0.6 is 0 Å². The van der Waals surface area contributed by atoms with Gasteiger partial charge in [-0.05, 0) is 37.1 Å². The Morgan fingerprint density at radius 2 is 1.40 bits per heavy atom. The van der Waals surface area contributed by atoms with E-state index in [1.54, 1.807) is 30.3 Å². The first-order chi connectivity index (χ1) is 14.6. The fourth-order valence-electron chi connectivity index (χ4n) is 3.66. The molecule has 30 heavy (non-hydrogen) atoms. The fraction of sp³-hybridized carbons (Fsp3) is 0.435. The Morgan fingerprint density at radius 3 is 2.07 bits per heavy atom. The van der Waals surface area contributed by atoms with Crippen molar-refractivity contribution in [3.8, 4) is 0 Å². The third-order valence-corrected chi connectivity index (χ3v) is 6.89. The molecule has 0 atom stereocenters. The summed E-state index contributed by atoms with van der Waals surface area (Å²) in [6, 6.07) is 18.7. The average Bonchev–Trinajstić information content (AvgIpc) is 2.79. The average molecular weight is 430 g/mol. The van der Waals surface area contributed by atoms with Crippen LogP contribution in [0.1, 0.15) is 32.1 Å². The van der Waals surface area contributed by atoms with Gasteiger partial charge in [-0.15, -0.1) is 0 Å². The quantitative estimate of drug-likeness (QED) is 0.589. The maximum Gasteiger partial charge on any atom is 0.240 e. The number of para-hydroxylation sites is 1. The molecule has 1 amide bonds. The van der Waals surface area contributed by atoms with Gasteiger partial charge in [0.05, 0.1) is 4.90 Å². The highest BCUT2D eigenvalue weighted by Crippen LogP contribution is 2.16. The van der Waals surface area contributed by atoms with Gasteiger partial charge in [0.25, 0.3) is 0 Å². The molecule has 2 aromatic carbocycles. The summed E-state index contributed by atoms with van der Waals surface area (Å²) in [4.78, 5) is 17.0. The van der Waals surface area contributed by atoms with E-state index < -0.39 is 10.0 Å². The van der Waals surface area contributed by atoms with Gasteiger partial charge in [0, 0.05) is 44.8 Å². The zero-order valence-electron chi connectivity index (χ0n) is 17.4. The van der Waals surface area contributed by atoms with Gasteiger partial charge in [-0.3, -0.25) is 4.79 Å². The van der Waals surface area contributed by atoms with Gasteiger partial charge in [-0.25, -0.2) is 13.1 Å². The molecule has 1 aliphatic rings. The Bertz CT molecular complexity index is 880. The molecule has 0 aliphatic carbocycles. The van der Waals surface area contributed by atoms with Crippen LogP contribution in [0.25, 0.3) is 0 Å². The Labute approximate surface area is 179 Å². The molecule has 0 spiro atoms. The van der Waals surface area contributed by atoms with Crippen LogP contribution in [0.15, 0.2) is 65.6 Å². The van der Waals surface area contributed by atoms with Gasteiger partial charge >= 0.3 is 0 Å². The summed E-state index contributed by atoms with van der Waals surface area (Å²) in [7, 11) is -3.42. The number of benzene rings is 2. The van der Waals surface area contributed by atoms with E-state index in [-0.39, 0.29) is 5.91 Å². The van der Waals surface area contributed by atoms with Gasteiger partial charge in [0.15, 0.2) is 0 Å². The number of unbranched alkanes of at least 4 members (excludes halogenated alkanes) is 3. The fourth-order valence-corrected chi connectivity index (χ4v) is 4.75. The van der Waals surface area contributed by atoms with Crippen molar-refractivity contribution in [3.63, 3.8) is 0 Å². The van der Waals surface area contributed by atoms with Crippen LogP contribution in [0.5, 0.6) is 0 Å². The van der Waals surface area contributed by atoms with Gasteiger partial charge in [-0.1, -0.05) is 49.2 Å². The standard InChI is InChI=1S/C23H31N3O3S/c27-23(26-19-17-25(18-20-26)21-11-5-3-6-12-21)15-9-1-2-10-16-24-30(28,29)22-13-7-4-8-14-22/h3-8,11-14,24H,1-2,9-10,15-20H2. The summed E-state index contributed by atoms with van der Waals surface area (Å²) in [6.07, 6.45) is 4.04. The van der Waals surface area contributed by atoms with Crippen molar-refractivity contribution in [1.82, 2.24) is 9.62 Å². The summed E-state index contributed by atoms with van der Waals surface area (Å²) in [5.74, 6) is 0.229. The SMILES string of the molecule is O=C(CCCCCCNS(=O)(=O)c1ccccc1)N1CCN(c2ccccc2)CC1. The van der Waals surface area contributed by atoms with Crippen molar-refractivity contribution in [1.29, 1.82) is 0 Å². The van der Waals surface area contributed by atoms with E-state index in [1.807, 2.05) is 23.1 Å². The molecule has 1 saturated heterocycles. The molecular formula is C23H31N3O3S. The molecule has 0 saturated carbocycles. The molecule has 3 rings (SSSR count). The number of sulfonamides is 1. The molecule has 6 nitrogen and oxygen atoms in total. The van der Waals surface area contributed by atoms with E-state index in [2.05, 4.69) is 21.8 Å². The first-order valence-corrected chi connectivity index (χ1v) is 12.2. The predicted molar refractivity (Wildman–Crippen MR) is 120 cm³/mol. The molecule has 0 unspecified atom stereocenters. The van der Waals surface area contributed by atoms with Crippen LogP contribution in [0.2, 0.25) is 0 Å². The second-order valence-corrected chi connectivity index (χ2v) is 9.35. The molecule has 162 valence electrons. The number of hydrogen-bond acceptors (Lipinski definition) is 4. The summed E-state index contributed by atoms with van der Waals surface area (Å²) >= 11 is 0. The summed E-state index contributed by atoms with van der Waals surface area (Å²) < 4.78 is 26.9. The van der Waals surface area contributed by atoms with E-state index >= 15 is 0 Å². The molecule has 1 N–H and O–H groups in total. The number of nitrogens with zero attached hydrogens (tertiary/aromatic N) is 2. The Morgan fingerprint density at radius 1 is 0.800 bits per heavy atom. The lowest BCUT2D eigenvalue weighted by Crippen LogP contribution is -2.48. The summed E-state index contributed by atoms with van der Waals surface area (Å²) in [5.41, 5.74) is 1.22. The van der Waals surface area contributed by atoms with Gasteiger partial charge in [0.1, 0.15) is 0 Å². The third kappa shape index (κ3) is 6.57. The Kier molecular flexibility index (Phi) is 8.28. The highest BCUT2D eigenvalue weighted by molar-refractivity contribution is 7.89. The molecule has 1 fully saturated rings. The number of amides is 1. The first kappa shape index (κ1) is 22.3. The maximum absolute atomic E-state index is 12.4. The van der Waals surface area contributed by atoms with Crippen LogP contribution in [0, 0.1) is 0 Å². The van der Waals surface area contributed by atoms with Crippen LogP contribution in [-0.2, 0) is 14.8 Å². The van der Waals surface area contributed by atoms with E-state index in [0.29, 0.717) is 17.9 Å². The summed E-state index contributed by atoms with van der Waals surface area (Å²) in [6.45, 7) is 3.71. The van der Waals surface area contributed by atoms with Crippen molar-refractivity contribution in [2.45, 2.75) is 37.0 Å². The van der Waals surface area contributed by atoms with E-state index in [9.17, 15) is 13.2 Å². The minimum absolute atomic E-state index is 0.229. The third-order valence-electron chi connectivity index (χ3n) is 5.42. The lowest BCUT2D eigenvalue weighted by molar-refractivity contribution is -0.131. The number of nitrogens with one attached hydrogen (secondary N) is 1. The van der Waals surface area contributed by atoms with Gasteiger partial charge in [-0.2, -0.15) is 0 Å². The van der Waals surface area contributed by atoms with Crippen LogP contribution in [0.3, 0.4) is 0 Å². The zero-order valence-corrected chi connectivity index (χ0v) is 18.2. The predicted octanol–water partition coefficient (Wildman–Crippen LogP) is 3.26. The number of rotatable bonds is 10. The topological polar surface area (TPSA) is 69.7 Å². The van der Waals surface area contributed by atoms with E-state index in [1.165, 1.54) is 5.69 Å². The van der Waals surface area contributed by atoms with E-state index in [4.69, 9.17) is 0 Å². The Balaban J connectivity index is 1.26. The Hall–Kier alpha value is -2.38. The van der Waals surface area contributed by atoms with E-state index in [0.717, 1.165) is 51.9 Å². The van der Waals surface area contributed by atoms with Gasteiger partial charge < -0.3 is 9.80 Å². The second-order valence-electron chi connectivity index (χ2n) is 7.58. The summed E-state index contributed by atoms with van der Waals surface area (Å²) in [5, 5.41) is 0. The highest BCUT2D eigenvalue weighted by atomic mass is 32.2. The minimum atomic E-state index is -3.42. The zero-order chi connectivity index (χ0) is 21.2. The minimum Gasteiger partial charge on any atom is -0.368 e.